The predicted molar refractivity (Wildman–Crippen MR) is 94.3 cm³/mol. The fraction of sp³-hybridized carbons (Fsp3) is 0.278. The van der Waals surface area contributed by atoms with Gasteiger partial charge < -0.3 is 10.4 Å². The number of carbonyl (C=O) groups is 1. The Balaban J connectivity index is 2.14. The van der Waals surface area contributed by atoms with E-state index in [0.29, 0.717) is 17.7 Å². The summed E-state index contributed by atoms with van der Waals surface area (Å²) in [6.45, 7) is 0. The van der Waals surface area contributed by atoms with E-state index >= 15 is 0 Å². The van der Waals surface area contributed by atoms with Crippen LogP contribution in [0.2, 0.25) is 0 Å². The highest BCUT2D eigenvalue weighted by molar-refractivity contribution is 7.90. The molecule has 0 radical (unpaired) electrons. The van der Waals surface area contributed by atoms with E-state index in [0.717, 1.165) is 18.4 Å². The average molecular weight is 455 g/mol. The van der Waals surface area contributed by atoms with E-state index in [-0.39, 0.29) is 17.0 Å². The summed E-state index contributed by atoms with van der Waals surface area (Å²) in [6, 6.07) is 7.79. The number of halogens is 6. The number of nitrogens with one attached hydrogen (secondary N) is 1. The smallest absolute Gasteiger partial charge is 0.369 e. The topological polar surface area (TPSA) is 83.5 Å². The molecule has 30 heavy (non-hydrogen) atoms. The van der Waals surface area contributed by atoms with Gasteiger partial charge in [-0.25, -0.2) is 8.42 Å². The lowest BCUT2D eigenvalue weighted by atomic mass is 9.92. The van der Waals surface area contributed by atoms with Crippen LogP contribution < -0.4 is 5.32 Å². The Labute approximate surface area is 167 Å². The van der Waals surface area contributed by atoms with E-state index in [1.54, 1.807) is 0 Å². The van der Waals surface area contributed by atoms with E-state index in [9.17, 15) is 44.7 Å². The molecule has 1 amide bonds. The lowest BCUT2D eigenvalue weighted by Gasteiger charge is -2.32. The summed E-state index contributed by atoms with van der Waals surface area (Å²) in [6.07, 6.45) is -11.2. The highest BCUT2D eigenvalue weighted by Crippen LogP contribution is 2.50. The minimum atomic E-state index is -6.01. The third kappa shape index (κ3) is 4.93. The summed E-state index contributed by atoms with van der Waals surface area (Å²) in [4.78, 5) is 12.1. The Morgan fingerprint density at radius 2 is 1.37 bits per heavy atom. The maximum Gasteiger partial charge on any atom is 0.430 e. The van der Waals surface area contributed by atoms with Gasteiger partial charge in [0.05, 0.1) is 11.3 Å². The van der Waals surface area contributed by atoms with Gasteiger partial charge in [0.2, 0.25) is 5.91 Å². The maximum absolute atomic E-state index is 12.9. The minimum absolute atomic E-state index is 0.0454. The molecule has 0 spiro atoms. The van der Waals surface area contributed by atoms with Crippen LogP contribution in [0.25, 0.3) is 0 Å². The summed E-state index contributed by atoms with van der Waals surface area (Å²) in [5.41, 5.74) is -6.16. The number of rotatable bonds is 5. The first-order valence-electron chi connectivity index (χ1n) is 8.11. The van der Waals surface area contributed by atoms with Crippen LogP contribution in [0.4, 0.5) is 32.0 Å². The molecule has 0 saturated carbocycles. The molecule has 12 heteroatoms. The molecule has 0 heterocycles. The van der Waals surface area contributed by atoms with Gasteiger partial charge in [0, 0.05) is 17.5 Å². The fourth-order valence-corrected chi connectivity index (χ4v) is 3.16. The van der Waals surface area contributed by atoms with E-state index in [4.69, 9.17) is 0 Å². The molecule has 0 aromatic heterocycles. The molecule has 0 saturated heterocycles. The molecule has 2 rings (SSSR count). The Morgan fingerprint density at radius 3 is 1.77 bits per heavy atom. The standard InChI is InChI=1S/C18H15F6NO4S/c1-30(28,29)14-8-2-11(3-9-14)10-15(26)25-13-6-4-12(5-7-13)16(27,17(19,20)21)18(22,23)24/h2-9,27H,10H2,1H3,(H,25,26). The van der Waals surface area contributed by atoms with Crippen LogP contribution in [-0.4, -0.2) is 38.0 Å². The highest BCUT2D eigenvalue weighted by atomic mass is 32.2. The Kier molecular flexibility index (Phi) is 6.24. The molecule has 0 atom stereocenters. The zero-order valence-electron chi connectivity index (χ0n) is 15.2. The average Bonchev–Trinajstić information content (AvgIpc) is 2.59. The monoisotopic (exact) mass is 455 g/mol. The number of sulfone groups is 1. The molecule has 2 N–H and O–H groups in total. The number of benzene rings is 2. The molecule has 2 aromatic carbocycles. The van der Waals surface area contributed by atoms with Gasteiger partial charge in [-0.1, -0.05) is 24.3 Å². The number of amides is 1. The first-order chi connectivity index (χ1) is 13.6. The Hall–Kier alpha value is -2.60. The third-order valence-corrected chi connectivity index (χ3v) is 5.25. The van der Waals surface area contributed by atoms with Crippen molar-refractivity contribution in [2.24, 2.45) is 0 Å². The number of carbonyl (C=O) groups excluding carboxylic acids is 1. The summed E-state index contributed by atoms with van der Waals surface area (Å²) in [5.74, 6) is -0.642. The third-order valence-electron chi connectivity index (χ3n) is 4.12. The molecular weight excluding hydrogens is 440 g/mol. The van der Waals surface area contributed by atoms with Crippen molar-refractivity contribution >= 4 is 21.4 Å². The van der Waals surface area contributed by atoms with Crippen LogP contribution in [0.1, 0.15) is 11.1 Å². The molecule has 0 aliphatic carbocycles. The molecule has 164 valence electrons. The summed E-state index contributed by atoms with van der Waals surface area (Å²) in [5, 5.41) is 11.6. The summed E-state index contributed by atoms with van der Waals surface area (Å²) < 4.78 is 100.0. The van der Waals surface area contributed by atoms with Gasteiger partial charge in [0.25, 0.3) is 5.60 Å². The van der Waals surface area contributed by atoms with Crippen LogP contribution >= 0.6 is 0 Å². The number of aliphatic hydroxyl groups is 1. The predicted octanol–water partition coefficient (Wildman–Crippen LogP) is 3.58. The second kappa shape index (κ2) is 7.91. The second-order valence-corrected chi connectivity index (χ2v) is 8.44. The van der Waals surface area contributed by atoms with Crippen molar-refractivity contribution in [1.29, 1.82) is 0 Å². The van der Waals surface area contributed by atoms with E-state index < -0.39 is 39.3 Å². The molecule has 0 aliphatic rings. The molecular formula is C18H15F6NO4S. The maximum atomic E-state index is 12.9. The van der Waals surface area contributed by atoms with Crippen LogP contribution in [0.5, 0.6) is 0 Å². The van der Waals surface area contributed by atoms with Crippen molar-refractivity contribution in [2.45, 2.75) is 29.3 Å². The van der Waals surface area contributed by atoms with Crippen molar-refractivity contribution in [1.82, 2.24) is 0 Å². The van der Waals surface area contributed by atoms with Gasteiger partial charge in [-0.15, -0.1) is 0 Å². The van der Waals surface area contributed by atoms with Gasteiger partial charge in [-0.2, -0.15) is 26.3 Å². The SMILES string of the molecule is CS(=O)(=O)c1ccc(CC(=O)Nc2ccc(C(O)(C(F)(F)F)C(F)(F)F)cc2)cc1. The number of hydrogen-bond donors (Lipinski definition) is 2. The zero-order chi connectivity index (χ0) is 23.0. The number of hydrogen-bond acceptors (Lipinski definition) is 4. The van der Waals surface area contributed by atoms with E-state index in [1.807, 2.05) is 0 Å². The Bertz CT molecular complexity index is 999. The molecule has 0 bridgehead atoms. The van der Waals surface area contributed by atoms with Gasteiger partial charge in [0.1, 0.15) is 0 Å². The lowest BCUT2D eigenvalue weighted by Crippen LogP contribution is -2.53. The van der Waals surface area contributed by atoms with Crippen molar-refractivity contribution in [2.75, 3.05) is 11.6 Å². The normalized spacial score (nSPS) is 13.2. The molecule has 0 aliphatic heterocycles. The van der Waals surface area contributed by atoms with E-state index in [1.165, 1.54) is 24.3 Å². The van der Waals surface area contributed by atoms with Gasteiger partial charge >= 0.3 is 12.4 Å². The second-order valence-electron chi connectivity index (χ2n) is 6.42. The van der Waals surface area contributed by atoms with Gasteiger partial charge in [-0.3, -0.25) is 4.79 Å². The first kappa shape index (κ1) is 23.7. The van der Waals surface area contributed by atoms with Gasteiger partial charge in [0.15, 0.2) is 9.84 Å². The van der Waals surface area contributed by atoms with Crippen LogP contribution in [0.15, 0.2) is 53.4 Å². The molecule has 0 fully saturated rings. The lowest BCUT2D eigenvalue weighted by molar-refractivity contribution is -0.376. The zero-order valence-corrected chi connectivity index (χ0v) is 16.0. The van der Waals surface area contributed by atoms with E-state index in [2.05, 4.69) is 5.32 Å². The van der Waals surface area contributed by atoms with Crippen LogP contribution in [-0.2, 0) is 26.7 Å². The summed E-state index contributed by atoms with van der Waals surface area (Å²) >= 11 is 0. The number of anilines is 1. The number of alkyl halides is 6. The molecule has 2 aromatic rings. The summed E-state index contributed by atoms with van der Waals surface area (Å²) in [7, 11) is -3.42. The van der Waals surface area contributed by atoms with Gasteiger partial charge in [-0.05, 0) is 29.8 Å². The molecule has 5 nitrogen and oxygen atoms in total. The highest BCUT2D eigenvalue weighted by Gasteiger charge is 2.71. The molecule has 0 unspecified atom stereocenters. The van der Waals surface area contributed by atoms with Crippen LogP contribution in [0, 0.1) is 0 Å². The fourth-order valence-electron chi connectivity index (χ4n) is 2.53. The largest absolute Gasteiger partial charge is 0.430 e. The quantitative estimate of drug-likeness (QED) is 0.676. The van der Waals surface area contributed by atoms with Crippen molar-refractivity contribution in [3.8, 4) is 0 Å². The van der Waals surface area contributed by atoms with Crippen molar-refractivity contribution in [3.05, 3.63) is 59.7 Å². The van der Waals surface area contributed by atoms with Crippen molar-refractivity contribution < 1.29 is 44.7 Å². The van der Waals surface area contributed by atoms with Crippen molar-refractivity contribution in [3.63, 3.8) is 0 Å². The Morgan fingerprint density at radius 1 is 0.900 bits per heavy atom. The minimum Gasteiger partial charge on any atom is -0.369 e. The van der Waals surface area contributed by atoms with Crippen LogP contribution in [0.3, 0.4) is 0 Å². The first-order valence-corrected chi connectivity index (χ1v) is 10.00.